The van der Waals surface area contributed by atoms with E-state index in [0.717, 1.165) is 19.6 Å². The van der Waals surface area contributed by atoms with Crippen molar-refractivity contribution in [1.29, 1.82) is 0 Å². The molecule has 0 unspecified atom stereocenters. The molecule has 1 heterocycles. The van der Waals surface area contributed by atoms with Gasteiger partial charge in [-0.05, 0) is 19.1 Å². The molecule has 0 aliphatic carbocycles. The summed E-state index contributed by atoms with van der Waals surface area (Å²) in [6, 6.07) is 5.45. The number of rotatable bonds is 3. The number of carbonyl (C=O) groups excluding carboxylic acids is 1. The summed E-state index contributed by atoms with van der Waals surface area (Å²) >= 11 is 0. The van der Waals surface area contributed by atoms with Crippen LogP contribution in [0.1, 0.15) is 17.3 Å². The van der Waals surface area contributed by atoms with E-state index >= 15 is 0 Å². The van der Waals surface area contributed by atoms with Gasteiger partial charge in [0.05, 0.1) is 14.2 Å². The minimum atomic E-state index is 0.0196. The van der Waals surface area contributed by atoms with Gasteiger partial charge in [0, 0.05) is 37.3 Å². The van der Waals surface area contributed by atoms with Crippen LogP contribution in [0.2, 0.25) is 0 Å². The van der Waals surface area contributed by atoms with Crippen LogP contribution >= 0.6 is 0 Å². The summed E-state index contributed by atoms with van der Waals surface area (Å²) in [6.45, 7) is 4.42. The van der Waals surface area contributed by atoms with Crippen molar-refractivity contribution in [3.8, 4) is 11.5 Å². The summed E-state index contributed by atoms with van der Waals surface area (Å²) in [7, 11) is 3.16. The molecule has 0 saturated carbocycles. The van der Waals surface area contributed by atoms with E-state index in [-0.39, 0.29) is 11.9 Å². The highest BCUT2D eigenvalue weighted by Crippen LogP contribution is 2.24. The molecule has 104 valence electrons. The van der Waals surface area contributed by atoms with Gasteiger partial charge >= 0.3 is 0 Å². The number of amides is 1. The van der Waals surface area contributed by atoms with Gasteiger partial charge in [0.1, 0.15) is 11.5 Å². The molecular formula is C14H20N2O3. The van der Waals surface area contributed by atoms with Crippen molar-refractivity contribution in [3.05, 3.63) is 23.8 Å². The molecule has 1 aromatic rings. The SMILES string of the molecule is COc1cc(OC)cc(C(=O)N2CCNC[C@@H]2C)c1. The maximum Gasteiger partial charge on any atom is 0.254 e. The molecule has 0 aromatic heterocycles. The van der Waals surface area contributed by atoms with E-state index in [1.54, 1.807) is 32.4 Å². The Hall–Kier alpha value is -1.75. The van der Waals surface area contributed by atoms with Gasteiger partial charge in [-0.15, -0.1) is 0 Å². The largest absolute Gasteiger partial charge is 0.497 e. The summed E-state index contributed by atoms with van der Waals surface area (Å²) in [4.78, 5) is 14.4. The standard InChI is InChI=1S/C14H20N2O3/c1-10-9-15-4-5-16(10)14(17)11-6-12(18-2)8-13(7-11)19-3/h6-8,10,15H,4-5,9H2,1-3H3/t10-/m0/s1. The van der Waals surface area contributed by atoms with E-state index in [2.05, 4.69) is 5.32 Å². The number of hydrogen-bond acceptors (Lipinski definition) is 4. The minimum absolute atomic E-state index is 0.0196. The topological polar surface area (TPSA) is 50.8 Å². The van der Waals surface area contributed by atoms with Gasteiger partial charge in [-0.3, -0.25) is 4.79 Å². The molecule has 19 heavy (non-hydrogen) atoms. The Morgan fingerprint density at radius 1 is 1.26 bits per heavy atom. The molecule has 0 spiro atoms. The summed E-state index contributed by atoms with van der Waals surface area (Å²) in [6.07, 6.45) is 0. The molecule has 1 fully saturated rings. The number of ether oxygens (including phenoxy) is 2. The van der Waals surface area contributed by atoms with E-state index in [0.29, 0.717) is 17.1 Å². The van der Waals surface area contributed by atoms with Gasteiger partial charge in [0.25, 0.3) is 5.91 Å². The number of piperazine rings is 1. The van der Waals surface area contributed by atoms with Crippen molar-refractivity contribution in [3.63, 3.8) is 0 Å². The van der Waals surface area contributed by atoms with Crippen molar-refractivity contribution >= 4 is 5.91 Å². The fourth-order valence-electron chi connectivity index (χ4n) is 2.24. The average Bonchev–Trinajstić information content (AvgIpc) is 2.46. The molecule has 1 N–H and O–H groups in total. The van der Waals surface area contributed by atoms with Gasteiger partial charge in [-0.2, -0.15) is 0 Å². The first-order valence-electron chi connectivity index (χ1n) is 6.40. The Balaban J connectivity index is 2.26. The lowest BCUT2D eigenvalue weighted by atomic mass is 10.1. The Bertz CT molecular complexity index is 440. The van der Waals surface area contributed by atoms with E-state index in [4.69, 9.17) is 9.47 Å². The Morgan fingerprint density at radius 2 is 1.89 bits per heavy atom. The molecule has 1 amide bonds. The zero-order chi connectivity index (χ0) is 13.8. The van der Waals surface area contributed by atoms with Crippen LogP contribution in [0.25, 0.3) is 0 Å². The lowest BCUT2D eigenvalue weighted by molar-refractivity contribution is 0.0655. The predicted molar refractivity (Wildman–Crippen MR) is 72.9 cm³/mol. The summed E-state index contributed by atoms with van der Waals surface area (Å²) < 4.78 is 10.4. The monoisotopic (exact) mass is 264 g/mol. The van der Waals surface area contributed by atoms with E-state index < -0.39 is 0 Å². The van der Waals surface area contributed by atoms with Gasteiger partial charge in [-0.25, -0.2) is 0 Å². The fraction of sp³-hybridized carbons (Fsp3) is 0.500. The lowest BCUT2D eigenvalue weighted by Gasteiger charge is -2.34. The molecular weight excluding hydrogens is 244 g/mol. The zero-order valence-electron chi connectivity index (χ0n) is 11.6. The number of hydrogen-bond donors (Lipinski definition) is 1. The molecule has 1 aromatic carbocycles. The highest BCUT2D eigenvalue weighted by Gasteiger charge is 2.24. The minimum Gasteiger partial charge on any atom is -0.497 e. The quantitative estimate of drug-likeness (QED) is 0.889. The maximum atomic E-state index is 12.5. The number of benzene rings is 1. The van der Waals surface area contributed by atoms with Crippen molar-refractivity contribution in [2.24, 2.45) is 0 Å². The van der Waals surface area contributed by atoms with Gasteiger partial charge < -0.3 is 19.7 Å². The third-order valence-corrected chi connectivity index (χ3v) is 3.36. The van der Waals surface area contributed by atoms with Crippen molar-refractivity contribution in [2.45, 2.75) is 13.0 Å². The second-order valence-corrected chi connectivity index (χ2v) is 4.65. The van der Waals surface area contributed by atoms with Crippen molar-refractivity contribution in [1.82, 2.24) is 10.2 Å². The number of carbonyl (C=O) groups is 1. The molecule has 1 aliphatic heterocycles. The van der Waals surface area contributed by atoms with Crippen LogP contribution in [0.15, 0.2) is 18.2 Å². The molecule has 2 rings (SSSR count). The second kappa shape index (κ2) is 5.93. The Kier molecular flexibility index (Phi) is 4.27. The van der Waals surface area contributed by atoms with Crippen LogP contribution in [0.5, 0.6) is 11.5 Å². The first-order chi connectivity index (χ1) is 9.15. The summed E-state index contributed by atoms with van der Waals surface area (Å²) in [5.74, 6) is 1.28. The van der Waals surface area contributed by atoms with Crippen LogP contribution in [0.3, 0.4) is 0 Å². The molecule has 5 nitrogen and oxygen atoms in total. The molecule has 1 aliphatic rings. The third kappa shape index (κ3) is 2.98. The fourth-order valence-corrected chi connectivity index (χ4v) is 2.24. The first-order valence-corrected chi connectivity index (χ1v) is 6.40. The van der Waals surface area contributed by atoms with Crippen molar-refractivity contribution in [2.75, 3.05) is 33.9 Å². The Morgan fingerprint density at radius 3 is 2.42 bits per heavy atom. The number of nitrogens with one attached hydrogen (secondary N) is 1. The highest BCUT2D eigenvalue weighted by molar-refractivity contribution is 5.95. The molecule has 1 atom stereocenters. The van der Waals surface area contributed by atoms with Crippen LogP contribution in [0, 0.1) is 0 Å². The maximum absolute atomic E-state index is 12.5. The van der Waals surface area contributed by atoms with Gasteiger partial charge in [0.15, 0.2) is 0 Å². The lowest BCUT2D eigenvalue weighted by Crippen LogP contribution is -2.52. The smallest absolute Gasteiger partial charge is 0.254 e. The van der Waals surface area contributed by atoms with Gasteiger partial charge in [-0.1, -0.05) is 0 Å². The summed E-state index contributed by atoms with van der Waals surface area (Å²) in [5, 5.41) is 3.27. The van der Waals surface area contributed by atoms with E-state index in [1.165, 1.54) is 0 Å². The van der Waals surface area contributed by atoms with E-state index in [9.17, 15) is 4.79 Å². The third-order valence-electron chi connectivity index (χ3n) is 3.36. The van der Waals surface area contributed by atoms with E-state index in [1.807, 2.05) is 11.8 Å². The highest BCUT2D eigenvalue weighted by atomic mass is 16.5. The molecule has 0 radical (unpaired) electrons. The number of nitrogens with zero attached hydrogens (tertiary/aromatic N) is 1. The van der Waals surface area contributed by atoms with Crippen LogP contribution < -0.4 is 14.8 Å². The van der Waals surface area contributed by atoms with Crippen LogP contribution in [-0.2, 0) is 0 Å². The second-order valence-electron chi connectivity index (χ2n) is 4.65. The molecule has 5 heteroatoms. The zero-order valence-corrected chi connectivity index (χ0v) is 11.6. The van der Waals surface area contributed by atoms with Crippen molar-refractivity contribution < 1.29 is 14.3 Å². The number of methoxy groups -OCH3 is 2. The van der Waals surface area contributed by atoms with Crippen LogP contribution in [-0.4, -0.2) is 50.7 Å². The Labute approximate surface area is 113 Å². The summed E-state index contributed by atoms with van der Waals surface area (Å²) in [5.41, 5.74) is 0.602. The van der Waals surface area contributed by atoms with Crippen LogP contribution in [0.4, 0.5) is 0 Å². The predicted octanol–water partition coefficient (Wildman–Crippen LogP) is 1.14. The normalized spacial score (nSPS) is 19.1. The first kappa shape index (κ1) is 13.7. The molecule has 1 saturated heterocycles. The molecule has 0 bridgehead atoms. The average molecular weight is 264 g/mol. The van der Waals surface area contributed by atoms with Gasteiger partial charge in [0.2, 0.25) is 0 Å².